The molecule has 1 atom stereocenters. The third kappa shape index (κ3) is 7.04. The van der Waals surface area contributed by atoms with E-state index in [1.165, 1.54) is 0 Å². The summed E-state index contributed by atoms with van der Waals surface area (Å²) in [6.07, 6.45) is 1.37. The zero-order valence-electron chi connectivity index (χ0n) is 16.6. The Bertz CT molecular complexity index is 745. The van der Waals surface area contributed by atoms with Gasteiger partial charge >= 0.3 is 0 Å². The summed E-state index contributed by atoms with van der Waals surface area (Å²) in [4.78, 5) is 15.9. The Morgan fingerprint density at radius 2 is 1.79 bits per heavy atom. The molecular formula is C22H30N4O2. The standard InChI is InChI=1S/C22H30N4O2/c1-3-7-21(28)26-20-12-10-17(11-13-20)14-24-22(23-2)25-15-19(16-27)18-8-5-4-6-9-18/h4-6,8-13,19,27H,3,7,14-16H2,1-2H3,(H,26,28)(H2,23,24,25). The van der Waals surface area contributed by atoms with Crippen LogP contribution >= 0.6 is 0 Å². The van der Waals surface area contributed by atoms with E-state index in [1.807, 2.05) is 61.5 Å². The second-order valence-electron chi connectivity index (χ2n) is 6.59. The molecule has 0 bridgehead atoms. The Balaban J connectivity index is 1.82. The molecule has 150 valence electrons. The second-order valence-corrected chi connectivity index (χ2v) is 6.59. The summed E-state index contributed by atoms with van der Waals surface area (Å²) in [7, 11) is 1.72. The van der Waals surface area contributed by atoms with Crippen LogP contribution in [0.3, 0.4) is 0 Å². The molecule has 6 heteroatoms. The molecule has 0 aliphatic heterocycles. The highest BCUT2D eigenvalue weighted by molar-refractivity contribution is 5.90. The summed E-state index contributed by atoms with van der Waals surface area (Å²) in [5.74, 6) is 0.718. The van der Waals surface area contributed by atoms with Crippen LogP contribution in [0.25, 0.3) is 0 Å². The Morgan fingerprint density at radius 1 is 1.07 bits per heavy atom. The summed E-state index contributed by atoms with van der Waals surface area (Å²) in [6.45, 7) is 3.25. The summed E-state index contributed by atoms with van der Waals surface area (Å²) in [5, 5.41) is 19.1. The number of anilines is 1. The summed E-state index contributed by atoms with van der Waals surface area (Å²) in [6, 6.07) is 17.7. The number of carbonyl (C=O) groups excluding carboxylic acids is 1. The van der Waals surface area contributed by atoms with Crippen LogP contribution in [-0.2, 0) is 11.3 Å². The lowest BCUT2D eigenvalue weighted by Gasteiger charge is -2.18. The average molecular weight is 383 g/mol. The van der Waals surface area contributed by atoms with Crippen LogP contribution in [0, 0.1) is 0 Å². The first-order chi connectivity index (χ1) is 13.7. The predicted octanol–water partition coefficient (Wildman–Crippen LogP) is 2.87. The number of guanidine groups is 1. The maximum absolute atomic E-state index is 11.6. The van der Waals surface area contributed by atoms with Crippen LogP contribution in [0.4, 0.5) is 5.69 Å². The van der Waals surface area contributed by atoms with Crippen LogP contribution in [-0.4, -0.2) is 37.2 Å². The van der Waals surface area contributed by atoms with Gasteiger partial charge in [0.05, 0.1) is 6.61 Å². The number of carbonyl (C=O) groups is 1. The number of amides is 1. The number of aliphatic hydroxyl groups excluding tert-OH is 1. The van der Waals surface area contributed by atoms with Gasteiger partial charge in [0.25, 0.3) is 0 Å². The lowest BCUT2D eigenvalue weighted by Crippen LogP contribution is -2.39. The molecule has 1 amide bonds. The van der Waals surface area contributed by atoms with E-state index >= 15 is 0 Å². The molecular weight excluding hydrogens is 352 g/mol. The zero-order valence-corrected chi connectivity index (χ0v) is 16.6. The van der Waals surface area contributed by atoms with Crippen LogP contribution in [0.1, 0.15) is 36.8 Å². The van der Waals surface area contributed by atoms with E-state index in [2.05, 4.69) is 20.9 Å². The van der Waals surface area contributed by atoms with Gasteiger partial charge in [0.2, 0.25) is 5.91 Å². The smallest absolute Gasteiger partial charge is 0.224 e. The number of aliphatic imine (C=N–C) groups is 1. The third-order valence-corrected chi connectivity index (χ3v) is 4.41. The van der Waals surface area contributed by atoms with E-state index < -0.39 is 0 Å². The van der Waals surface area contributed by atoms with Gasteiger partial charge in [-0.2, -0.15) is 0 Å². The Morgan fingerprint density at radius 3 is 2.39 bits per heavy atom. The van der Waals surface area contributed by atoms with Crippen molar-refractivity contribution in [3.8, 4) is 0 Å². The van der Waals surface area contributed by atoms with Gasteiger partial charge in [-0.1, -0.05) is 49.4 Å². The SMILES string of the molecule is CCCC(=O)Nc1ccc(CNC(=NC)NCC(CO)c2ccccc2)cc1. The van der Waals surface area contributed by atoms with Crippen LogP contribution < -0.4 is 16.0 Å². The molecule has 1 unspecified atom stereocenters. The first-order valence-electron chi connectivity index (χ1n) is 9.65. The van der Waals surface area contributed by atoms with E-state index in [9.17, 15) is 9.90 Å². The zero-order chi connectivity index (χ0) is 20.2. The second kappa shape index (κ2) is 11.8. The van der Waals surface area contributed by atoms with Gasteiger partial charge in [0, 0.05) is 38.2 Å². The van der Waals surface area contributed by atoms with Gasteiger partial charge in [0.1, 0.15) is 0 Å². The predicted molar refractivity (Wildman–Crippen MR) is 114 cm³/mol. The number of aliphatic hydroxyl groups is 1. The van der Waals surface area contributed by atoms with E-state index in [0.717, 1.165) is 23.2 Å². The quantitative estimate of drug-likeness (QED) is 0.397. The van der Waals surface area contributed by atoms with Gasteiger partial charge in [-0.05, 0) is 29.7 Å². The molecule has 0 heterocycles. The number of rotatable bonds is 9. The normalized spacial score (nSPS) is 12.3. The van der Waals surface area contributed by atoms with Crippen molar-refractivity contribution in [2.45, 2.75) is 32.2 Å². The van der Waals surface area contributed by atoms with Gasteiger partial charge in [-0.3, -0.25) is 9.79 Å². The highest BCUT2D eigenvalue weighted by Crippen LogP contribution is 2.13. The molecule has 0 aliphatic rings. The fourth-order valence-corrected chi connectivity index (χ4v) is 2.80. The molecule has 0 saturated heterocycles. The van der Waals surface area contributed by atoms with E-state index in [-0.39, 0.29) is 18.4 Å². The molecule has 0 fully saturated rings. The topological polar surface area (TPSA) is 85.8 Å². The molecule has 2 aromatic carbocycles. The van der Waals surface area contributed by atoms with Crippen LogP contribution in [0.15, 0.2) is 59.6 Å². The Hall–Kier alpha value is -2.86. The molecule has 2 rings (SSSR count). The maximum atomic E-state index is 11.6. The fraction of sp³-hybridized carbons (Fsp3) is 0.364. The highest BCUT2D eigenvalue weighted by atomic mass is 16.3. The molecule has 2 aromatic rings. The lowest BCUT2D eigenvalue weighted by atomic mass is 10.0. The van der Waals surface area contributed by atoms with Crippen molar-refractivity contribution in [1.29, 1.82) is 0 Å². The molecule has 0 saturated carbocycles. The minimum absolute atomic E-state index is 0.00534. The van der Waals surface area contributed by atoms with Crippen molar-refractivity contribution in [1.82, 2.24) is 10.6 Å². The Kier molecular flexibility index (Phi) is 9.01. The Labute approximate surface area is 167 Å². The number of hydrogen-bond donors (Lipinski definition) is 4. The molecule has 0 aliphatic carbocycles. The molecule has 4 N–H and O–H groups in total. The van der Waals surface area contributed by atoms with Crippen molar-refractivity contribution < 1.29 is 9.90 Å². The monoisotopic (exact) mass is 382 g/mol. The molecule has 0 aromatic heterocycles. The fourth-order valence-electron chi connectivity index (χ4n) is 2.80. The minimum atomic E-state index is 0.00534. The van der Waals surface area contributed by atoms with E-state index in [0.29, 0.717) is 25.5 Å². The van der Waals surface area contributed by atoms with Crippen molar-refractivity contribution >= 4 is 17.6 Å². The lowest BCUT2D eigenvalue weighted by molar-refractivity contribution is -0.116. The molecule has 6 nitrogen and oxygen atoms in total. The first kappa shape index (κ1) is 21.4. The van der Waals surface area contributed by atoms with Crippen molar-refractivity contribution in [2.24, 2.45) is 4.99 Å². The first-order valence-corrected chi connectivity index (χ1v) is 9.65. The average Bonchev–Trinajstić information content (AvgIpc) is 2.72. The third-order valence-electron chi connectivity index (χ3n) is 4.41. The summed E-state index contributed by atoms with van der Waals surface area (Å²) in [5.41, 5.74) is 2.98. The van der Waals surface area contributed by atoms with Crippen molar-refractivity contribution in [3.05, 3.63) is 65.7 Å². The largest absolute Gasteiger partial charge is 0.396 e. The highest BCUT2D eigenvalue weighted by Gasteiger charge is 2.10. The van der Waals surface area contributed by atoms with E-state index in [1.54, 1.807) is 7.05 Å². The summed E-state index contributed by atoms with van der Waals surface area (Å²) >= 11 is 0. The van der Waals surface area contributed by atoms with Crippen LogP contribution in [0.5, 0.6) is 0 Å². The number of hydrogen-bond acceptors (Lipinski definition) is 3. The van der Waals surface area contributed by atoms with E-state index in [4.69, 9.17) is 0 Å². The van der Waals surface area contributed by atoms with Crippen LogP contribution in [0.2, 0.25) is 0 Å². The number of benzene rings is 2. The number of nitrogens with zero attached hydrogens (tertiary/aromatic N) is 1. The summed E-state index contributed by atoms with van der Waals surface area (Å²) < 4.78 is 0. The molecule has 0 spiro atoms. The minimum Gasteiger partial charge on any atom is -0.396 e. The molecule has 0 radical (unpaired) electrons. The van der Waals surface area contributed by atoms with Gasteiger partial charge in [-0.15, -0.1) is 0 Å². The number of nitrogens with one attached hydrogen (secondary N) is 3. The van der Waals surface area contributed by atoms with Gasteiger partial charge in [0.15, 0.2) is 5.96 Å². The van der Waals surface area contributed by atoms with Crippen molar-refractivity contribution in [2.75, 3.05) is 25.5 Å². The maximum Gasteiger partial charge on any atom is 0.224 e. The van der Waals surface area contributed by atoms with Gasteiger partial charge in [-0.25, -0.2) is 0 Å². The molecule has 28 heavy (non-hydrogen) atoms. The van der Waals surface area contributed by atoms with Crippen molar-refractivity contribution in [3.63, 3.8) is 0 Å². The van der Waals surface area contributed by atoms with Gasteiger partial charge < -0.3 is 21.1 Å².